The Morgan fingerprint density at radius 2 is 1.86 bits per heavy atom. The first-order chi connectivity index (χ1) is 13.8. The maximum absolute atomic E-state index is 14.3. The van der Waals surface area contributed by atoms with Crippen molar-refractivity contribution < 1.29 is 14.1 Å². The molecule has 2 aromatic carbocycles. The van der Waals surface area contributed by atoms with Crippen molar-refractivity contribution in [3.63, 3.8) is 0 Å². The van der Waals surface area contributed by atoms with Crippen LogP contribution in [0.15, 0.2) is 54.6 Å². The quantitative estimate of drug-likeness (QED) is 0.495. The molecule has 3 rings (SSSR count). The average molecular weight is 396 g/mol. The maximum Gasteiger partial charge on any atom is 0.271 e. The minimum absolute atomic E-state index is 0.104. The summed E-state index contributed by atoms with van der Waals surface area (Å²) in [6.07, 6.45) is 0. The standard InChI is InChI=1S/C21H21FN4O3/c1-13(2)14(3)23-21(27)20-12-19(17-9-4-5-10-18(17)22)24-25(20)15-7-6-8-16(11-15)26(28)29/h4-14H,1-3H3,(H,23,27)/t14-/m0/s1. The molecule has 8 heteroatoms. The fourth-order valence-corrected chi connectivity index (χ4v) is 2.73. The lowest BCUT2D eigenvalue weighted by Crippen LogP contribution is -2.37. The number of nitro groups is 1. The van der Waals surface area contributed by atoms with E-state index < -0.39 is 16.6 Å². The highest BCUT2D eigenvalue weighted by molar-refractivity contribution is 5.94. The number of amides is 1. The molecule has 0 spiro atoms. The third-order valence-corrected chi connectivity index (χ3v) is 4.74. The largest absolute Gasteiger partial charge is 0.348 e. The number of hydrogen-bond acceptors (Lipinski definition) is 4. The van der Waals surface area contributed by atoms with Crippen LogP contribution in [0.1, 0.15) is 31.3 Å². The van der Waals surface area contributed by atoms with Gasteiger partial charge < -0.3 is 5.32 Å². The predicted octanol–water partition coefficient (Wildman–Crippen LogP) is 4.36. The molecule has 1 heterocycles. The molecule has 29 heavy (non-hydrogen) atoms. The Morgan fingerprint density at radius 1 is 1.14 bits per heavy atom. The summed E-state index contributed by atoms with van der Waals surface area (Å²) in [5, 5.41) is 18.4. The topological polar surface area (TPSA) is 90.1 Å². The molecule has 7 nitrogen and oxygen atoms in total. The van der Waals surface area contributed by atoms with E-state index in [9.17, 15) is 19.3 Å². The molecule has 0 radical (unpaired) electrons. The lowest BCUT2D eigenvalue weighted by molar-refractivity contribution is -0.384. The van der Waals surface area contributed by atoms with Crippen LogP contribution in [-0.4, -0.2) is 26.7 Å². The van der Waals surface area contributed by atoms with Gasteiger partial charge in [0.05, 0.1) is 16.3 Å². The second kappa shape index (κ2) is 8.22. The molecule has 0 aliphatic rings. The van der Waals surface area contributed by atoms with E-state index in [1.807, 2.05) is 20.8 Å². The Labute approximate surface area is 167 Å². The number of carbonyl (C=O) groups excluding carboxylic acids is 1. The highest BCUT2D eigenvalue weighted by Gasteiger charge is 2.22. The SMILES string of the molecule is CC(C)[C@H](C)NC(=O)c1cc(-c2ccccc2F)nn1-c1cccc([N+](=O)[O-])c1. The summed E-state index contributed by atoms with van der Waals surface area (Å²) in [5.74, 6) is -0.661. The van der Waals surface area contributed by atoms with Gasteiger partial charge in [0.25, 0.3) is 11.6 Å². The normalized spacial score (nSPS) is 12.0. The van der Waals surface area contributed by atoms with Crippen molar-refractivity contribution in [2.45, 2.75) is 26.8 Å². The summed E-state index contributed by atoms with van der Waals surface area (Å²) < 4.78 is 15.6. The first-order valence-corrected chi connectivity index (χ1v) is 9.18. The number of aromatic nitrogens is 2. The van der Waals surface area contributed by atoms with E-state index in [2.05, 4.69) is 10.4 Å². The molecule has 0 aliphatic carbocycles. The number of non-ortho nitro benzene ring substituents is 1. The summed E-state index contributed by atoms with van der Waals surface area (Å²) in [5.41, 5.74) is 0.868. The number of nitrogens with one attached hydrogen (secondary N) is 1. The van der Waals surface area contributed by atoms with Crippen LogP contribution in [0.3, 0.4) is 0 Å². The monoisotopic (exact) mass is 396 g/mol. The van der Waals surface area contributed by atoms with Crippen LogP contribution in [0.2, 0.25) is 0 Å². The third kappa shape index (κ3) is 4.31. The van der Waals surface area contributed by atoms with E-state index >= 15 is 0 Å². The summed E-state index contributed by atoms with van der Waals surface area (Å²) in [4.78, 5) is 23.5. The molecule has 0 unspecified atom stereocenters. The Balaban J connectivity index is 2.13. The van der Waals surface area contributed by atoms with Gasteiger partial charge in [-0.15, -0.1) is 0 Å². The highest BCUT2D eigenvalue weighted by Crippen LogP contribution is 2.25. The molecule has 0 aliphatic heterocycles. The van der Waals surface area contributed by atoms with Gasteiger partial charge in [0.2, 0.25) is 0 Å². The number of carbonyl (C=O) groups is 1. The van der Waals surface area contributed by atoms with E-state index in [0.717, 1.165) is 0 Å². The molecule has 0 saturated carbocycles. The molecule has 1 atom stereocenters. The van der Waals surface area contributed by atoms with Crippen molar-refractivity contribution in [1.82, 2.24) is 15.1 Å². The van der Waals surface area contributed by atoms with Crippen LogP contribution in [0.4, 0.5) is 10.1 Å². The van der Waals surface area contributed by atoms with Crippen LogP contribution in [0.25, 0.3) is 16.9 Å². The number of benzene rings is 2. The zero-order valence-electron chi connectivity index (χ0n) is 16.3. The number of nitro benzene ring substituents is 1. The van der Waals surface area contributed by atoms with E-state index in [0.29, 0.717) is 5.69 Å². The number of rotatable bonds is 6. The van der Waals surface area contributed by atoms with Gasteiger partial charge in [-0.2, -0.15) is 5.10 Å². The van der Waals surface area contributed by atoms with Crippen molar-refractivity contribution >= 4 is 11.6 Å². The number of halogens is 1. The lowest BCUT2D eigenvalue weighted by Gasteiger charge is -2.17. The van der Waals surface area contributed by atoms with Gasteiger partial charge in [0.1, 0.15) is 11.5 Å². The Bertz CT molecular complexity index is 1060. The predicted molar refractivity (Wildman–Crippen MR) is 107 cm³/mol. The van der Waals surface area contributed by atoms with Crippen LogP contribution < -0.4 is 5.32 Å². The van der Waals surface area contributed by atoms with Crippen molar-refractivity contribution in [2.24, 2.45) is 5.92 Å². The number of nitrogens with zero attached hydrogens (tertiary/aromatic N) is 3. The average Bonchev–Trinajstić information content (AvgIpc) is 3.13. The zero-order valence-corrected chi connectivity index (χ0v) is 16.3. The van der Waals surface area contributed by atoms with Crippen LogP contribution in [0.5, 0.6) is 0 Å². The van der Waals surface area contributed by atoms with E-state index in [4.69, 9.17) is 0 Å². The summed E-state index contributed by atoms with van der Waals surface area (Å²) in [6, 6.07) is 13.3. The van der Waals surface area contributed by atoms with Crippen molar-refractivity contribution in [2.75, 3.05) is 0 Å². The van der Waals surface area contributed by atoms with E-state index in [-0.39, 0.29) is 34.6 Å². The Kier molecular flexibility index (Phi) is 5.72. The lowest BCUT2D eigenvalue weighted by atomic mass is 10.1. The van der Waals surface area contributed by atoms with Gasteiger partial charge in [-0.3, -0.25) is 14.9 Å². The second-order valence-corrected chi connectivity index (χ2v) is 7.09. The number of hydrogen-bond donors (Lipinski definition) is 1. The molecule has 1 amide bonds. The molecule has 1 aromatic heterocycles. The molecule has 3 aromatic rings. The van der Waals surface area contributed by atoms with Gasteiger partial charge in [-0.05, 0) is 37.1 Å². The van der Waals surface area contributed by atoms with Crippen molar-refractivity contribution in [1.29, 1.82) is 0 Å². The molecule has 0 fully saturated rings. The summed E-state index contributed by atoms with van der Waals surface area (Å²) in [6.45, 7) is 5.84. The van der Waals surface area contributed by atoms with Crippen LogP contribution in [0, 0.1) is 21.8 Å². The Hall–Kier alpha value is -3.55. The summed E-state index contributed by atoms with van der Waals surface area (Å²) >= 11 is 0. The van der Waals surface area contributed by atoms with E-state index in [1.165, 1.54) is 35.0 Å². The van der Waals surface area contributed by atoms with Gasteiger partial charge in [0.15, 0.2) is 0 Å². The highest BCUT2D eigenvalue weighted by atomic mass is 19.1. The van der Waals surface area contributed by atoms with Gasteiger partial charge in [-0.1, -0.05) is 32.0 Å². The second-order valence-electron chi connectivity index (χ2n) is 7.09. The zero-order chi connectivity index (χ0) is 21.1. The minimum atomic E-state index is -0.522. The first-order valence-electron chi connectivity index (χ1n) is 9.18. The van der Waals surface area contributed by atoms with Crippen molar-refractivity contribution in [3.05, 3.63) is 76.2 Å². The molecule has 1 N–H and O–H groups in total. The molecule has 0 bridgehead atoms. The fraction of sp³-hybridized carbons (Fsp3) is 0.238. The Morgan fingerprint density at radius 3 is 2.52 bits per heavy atom. The van der Waals surface area contributed by atoms with Gasteiger partial charge >= 0.3 is 0 Å². The smallest absolute Gasteiger partial charge is 0.271 e. The van der Waals surface area contributed by atoms with Crippen molar-refractivity contribution in [3.8, 4) is 16.9 Å². The van der Waals surface area contributed by atoms with Gasteiger partial charge in [-0.25, -0.2) is 9.07 Å². The molecular formula is C21H21FN4O3. The fourth-order valence-electron chi connectivity index (χ4n) is 2.73. The minimum Gasteiger partial charge on any atom is -0.348 e. The van der Waals surface area contributed by atoms with E-state index in [1.54, 1.807) is 24.3 Å². The van der Waals surface area contributed by atoms with Crippen LogP contribution in [-0.2, 0) is 0 Å². The molecular weight excluding hydrogens is 375 g/mol. The van der Waals surface area contributed by atoms with Gasteiger partial charge in [0, 0.05) is 23.7 Å². The molecule has 0 saturated heterocycles. The van der Waals surface area contributed by atoms with Crippen LogP contribution >= 0.6 is 0 Å². The molecule has 150 valence electrons. The maximum atomic E-state index is 14.3. The third-order valence-electron chi connectivity index (χ3n) is 4.74. The first kappa shape index (κ1) is 20.2. The summed E-state index contributed by atoms with van der Waals surface area (Å²) in [7, 11) is 0.